The SMILES string of the molecule is O=C(O)/C(O)=C/C(=O)c1cc(Cl)ccc1Cl. The Bertz CT molecular complexity index is 480. The minimum Gasteiger partial charge on any atom is -0.502 e. The van der Waals surface area contributed by atoms with Crippen molar-refractivity contribution < 1.29 is 19.8 Å². The number of rotatable bonds is 3. The molecule has 6 heteroatoms. The Morgan fingerprint density at radius 1 is 1.19 bits per heavy atom. The van der Waals surface area contributed by atoms with Crippen molar-refractivity contribution in [2.24, 2.45) is 0 Å². The largest absolute Gasteiger partial charge is 0.502 e. The zero-order valence-corrected chi connectivity index (χ0v) is 9.29. The number of hydrogen-bond donors (Lipinski definition) is 2. The summed E-state index contributed by atoms with van der Waals surface area (Å²) in [7, 11) is 0. The van der Waals surface area contributed by atoms with Crippen molar-refractivity contribution in [1.29, 1.82) is 0 Å². The minimum absolute atomic E-state index is 0.0296. The second kappa shape index (κ2) is 5.01. The molecule has 16 heavy (non-hydrogen) atoms. The topological polar surface area (TPSA) is 74.6 Å². The van der Waals surface area contributed by atoms with Crippen molar-refractivity contribution in [3.63, 3.8) is 0 Å². The van der Waals surface area contributed by atoms with E-state index in [1.807, 2.05) is 0 Å². The molecule has 0 saturated heterocycles. The number of carboxylic acid groups (broad SMARTS) is 1. The van der Waals surface area contributed by atoms with Crippen LogP contribution in [0.15, 0.2) is 30.0 Å². The third-order valence-corrected chi connectivity index (χ3v) is 2.25. The van der Waals surface area contributed by atoms with Gasteiger partial charge in [-0.2, -0.15) is 0 Å². The van der Waals surface area contributed by atoms with Gasteiger partial charge < -0.3 is 10.2 Å². The first-order chi connectivity index (χ1) is 7.41. The Hall–Kier alpha value is -1.52. The molecule has 0 bridgehead atoms. The molecular formula is C10H6Cl2O4. The minimum atomic E-state index is -1.59. The van der Waals surface area contributed by atoms with E-state index in [2.05, 4.69) is 0 Å². The quantitative estimate of drug-likeness (QED) is 0.498. The molecule has 0 aliphatic heterocycles. The summed E-state index contributed by atoms with van der Waals surface area (Å²) < 4.78 is 0. The number of allylic oxidation sites excluding steroid dienone is 1. The van der Waals surface area contributed by atoms with Crippen LogP contribution in [0, 0.1) is 0 Å². The number of aliphatic hydroxyl groups excluding tert-OH is 1. The summed E-state index contributed by atoms with van der Waals surface area (Å²) in [6, 6.07) is 4.18. The van der Waals surface area contributed by atoms with Crippen molar-refractivity contribution in [1.82, 2.24) is 0 Å². The smallest absolute Gasteiger partial charge is 0.371 e. The lowest BCUT2D eigenvalue weighted by Crippen LogP contribution is -2.04. The molecule has 2 N–H and O–H groups in total. The molecule has 0 radical (unpaired) electrons. The summed E-state index contributed by atoms with van der Waals surface area (Å²) in [5, 5.41) is 17.7. The van der Waals surface area contributed by atoms with Crippen LogP contribution in [0.25, 0.3) is 0 Å². The summed E-state index contributed by atoms with van der Waals surface area (Å²) in [6.45, 7) is 0. The van der Waals surface area contributed by atoms with Gasteiger partial charge in [-0.3, -0.25) is 4.79 Å². The van der Waals surface area contributed by atoms with Gasteiger partial charge in [-0.15, -0.1) is 0 Å². The number of carbonyl (C=O) groups excluding carboxylic acids is 1. The maximum Gasteiger partial charge on any atom is 0.371 e. The highest BCUT2D eigenvalue weighted by Crippen LogP contribution is 2.21. The molecule has 0 amide bonds. The summed E-state index contributed by atoms with van der Waals surface area (Å²) in [5.74, 6) is -3.38. The molecule has 0 heterocycles. The van der Waals surface area contributed by atoms with Crippen molar-refractivity contribution in [3.05, 3.63) is 45.6 Å². The number of halogens is 2. The van der Waals surface area contributed by atoms with Gasteiger partial charge in [-0.05, 0) is 18.2 Å². The third kappa shape index (κ3) is 2.98. The molecule has 1 aromatic rings. The molecule has 84 valence electrons. The predicted molar refractivity (Wildman–Crippen MR) is 59.1 cm³/mol. The van der Waals surface area contributed by atoms with Gasteiger partial charge >= 0.3 is 5.97 Å². The van der Waals surface area contributed by atoms with Crippen molar-refractivity contribution in [2.45, 2.75) is 0 Å². The van der Waals surface area contributed by atoms with E-state index in [0.29, 0.717) is 6.08 Å². The zero-order valence-electron chi connectivity index (χ0n) is 7.78. The fourth-order valence-electron chi connectivity index (χ4n) is 0.950. The molecule has 4 nitrogen and oxygen atoms in total. The van der Waals surface area contributed by atoms with Crippen LogP contribution in [0.3, 0.4) is 0 Å². The normalized spacial score (nSPS) is 11.2. The highest BCUT2D eigenvalue weighted by molar-refractivity contribution is 6.36. The fourth-order valence-corrected chi connectivity index (χ4v) is 1.33. The van der Waals surface area contributed by atoms with Gasteiger partial charge in [0.05, 0.1) is 5.02 Å². The molecule has 1 aromatic carbocycles. The standard InChI is InChI=1S/C10H6Cl2O4/c11-5-1-2-7(12)6(3-5)8(13)4-9(14)10(15)16/h1-4,14H,(H,15,16)/b9-4-. The molecule has 0 fully saturated rings. The van der Waals surface area contributed by atoms with Crippen LogP contribution >= 0.6 is 23.2 Å². The average Bonchev–Trinajstić information content (AvgIpc) is 2.21. The van der Waals surface area contributed by atoms with Crippen molar-refractivity contribution in [2.75, 3.05) is 0 Å². The highest BCUT2D eigenvalue weighted by atomic mass is 35.5. The molecule has 0 atom stereocenters. The Morgan fingerprint density at radius 3 is 2.38 bits per heavy atom. The van der Waals surface area contributed by atoms with Gasteiger partial charge in [0.1, 0.15) is 0 Å². The zero-order chi connectivity index (χ0) is 12.3. The number of benzene rings is 1. The number of carbonyl (C=O) groups is 2. The van der Waals surface area contributed by atoms with Crippen molar-refractivity contribution in [3.8, 4) is 0 Å². The lowest BCUT2D eigenvalue weighted by Gasteiger charge is -2.00. The van der Waals surface area contributed by atoms with E-state index in [9.17, 15) is 9.59 Å². The first kappa shape index (κ1) is 12.5. The third-order valence-electron chi connectivity index (χ3n) is 1.68. The van der Waals surface area contributed by atoms with Crippen LogP contribution in [0.2, 0.25) is 10.0 Å². The number of aliphatic carboxylic acids is 1. The maximum atomic E-state index is 11.5. The van der Waals surface area contributed by atoms with E-state index in [4.69, 9.17) is 33.4 Å². The number of hydrogen-bond acceptors (Lipinski definition) is 3. The average molecular weight is 261 g/mol. The second-order valence-corrected chi connectivity index (χ2v) is 3.67. The number of ketones is 1. The summed E-state index contributed by atoms with van der Waals surface area (Å²) >= 11 is 11.4. The highest BCUT2D eigenvalue weighted by Gasteiger charge is 2.12. The van der Waals surface area contributed by atoms with Gasteiger partial charge in [0, 0.05) is 16.7 Å². The number of carboxylic acids is 1. The predicted octanol–water partition coefficient (Wildman–Crippen LogP) is 2.70. The Kier molecular flexibility index (Phi) is 3.93. The van der Waals surface area contributed by atoms with E-state index in [0.717, 1.165) is 0 Å². The first-order valence-electron chi connectivity index (χ1n) is 4.05. The Labute approximate surface area is 101 Å². The summed E-state index contributed by atoms with van der Waals surface area (Å²) in [4.78, 5) is 21.8. The van der Waals surface area contributed by atoms with Crippen LogP contribution in [0.1, 0.15) is 10.4 Å². The first-order valence-corrected chi connectivity index (χ1v) is 4.80. The van der Waals surface area contributed by atoms with Gasteiger partial charge in [-0.1, -0.05) is 23.2 Å². The van der Waals surface area contributed by atoms with Gasteiger partial charge in [0.25, 0.3) is 0 Å². The molecule has 0 unspecified atom stereocenters. The van der Waals surface area contributed by atoms with E-state index in [-0.39, 0.29) is 15.6 Å². The Morgan fingerprint density at radius 2 is 1.81 bits per heavy atom. The fraction of sp³-hybridized carbons (Fsp3) is 0. The molecule has 0 aliphatic rings. The number of aliphatic hydroxyl groups is 1. The van der Waals surface area contributed by atoms with Gasteiger partial charge in [-0.25, -0.2) is 4.79 Å². The van der Waals surface area contributed by atoms with Crippen LogP contribution in [0.4, 0.5) is 0 Å². The van der Waals surface area contributed by atoms with Crippen LogP contribution < -0.4 is 0 Å². The lowest BCUT2D eigenvalue weighted by molar-refractivity contribution is -0.135. The monoisotopic (exact) mass is 260 g/mol. The molecular weight excluding hydrogens is 255 g/mol. The summed E-state index contributed by atoms with van der Waals surface area (Å²) in [5.41, 5.74) is 0.0296. The Balaban J connectivity index is 3.10. The van der Waals surface area contributed by atoms with Gasteiger partial charge in [0.15, 0.2) is 5.78 Å². The van der Waals surface area contributed by atoms with Crippen LogP contribution in [-0.4, -0.2) is 22.0 Å². The van der Waals surface area contributed by atoms with Crippen molar-refractivity contribution >= 4 is 35.0 Å². The molecule has 0 aliphatic carbocycles. The molecule has 0 spiro atoms. The van der Waals surface area contributed by atoms with E-state index < -0.39 is 17.5 Å². The van der Waals surface area contributed by atoms with E-state index in [1.54, 1.807) is 0 Å². The molecule has 0 saturated carbocycles. The summed E-state index contributed by atoms with van der Waals surface area (Å²) in [6.07, 6.45) is 0.569. The van der Waals surface area contributed by atoms with E-state index in [1.165, 1.54) is 18.2 Å². The lowest BCUT2D eigenvalue weighted by atomic mass is 10.1. The molecule has 0 aromatic heterocycles. The van der Waals surface area contributed by atoms with Crippen LogP contribution in [-0.2, 0) is 4.79 Å². The van der Waals surface area contributed by atoms with E-state index >= 15 is 0 Å². The van der Waals surface area contributed by atoms with Crippen LogP contribution in [0.5, 0.6) is 0 Å². The second-order valence-electron chi connectivity index (χ2n) is 2.82. The van der Waals surface area contributed by atoms with Gasteiger partial charge in [0.2, 0.25) is 5.76 Å². The molecule has 1 rings (SSSR count). The maximum absolute atomic E-state index is 11.5.